The second-order valence-electron chi connectivity index (χ2n) is 5.15. The number of rotatable bonds is 3. The van der Waals surface area contributed by atoms with Crippen LogP contribution >= 0.6 is 0 Å². The van der Waals surface area contributed by atoms with Crippen molar-refractivity contribution in [2.75, 3.05) is 25.5 Å². The second-order valence-corrected chi connectivity index (χ2v) is 5.15. The van der Waals surface area contributed by atoms with Gasteiger partial charge in [-0.05, 0) is 25.8 Å². The molecule has 2 atom stereocenters. The van der Waals surface area contributed by atoms with E-state index >= 15 is 0 Å². The van der Waals surface area contributed by atoms with Crippen LogP contribution in [-0.4, -0.2) is 53.0 Å². The predicted octanol–water partition coefficient (Wildman–Crippen LogP) is 0.485. The second kappa shape index (κ2) is 5.13. The molecule has 0 aliphatic carbocycles. The van der Waals surface area contributed by atoms with Crippen LogP contribution in [-0.2, 0) is 0 Å². The van der Waals surface area contributed by atoms with E-state index in [1.54, 1.807) is 13.2 Å². The van der Waals surface area contributed by atoms with Crippen LogP contribution in [0, 0.1) is 0 Å². The quantitative estimate of drug-likeness (QED) is 0.828. The molecule has 3 rings (SSSR count). The SMILES string of the molecule is CNc1cnc(C(=O)NC2CCN3CCCC23)cn1. The lowest BCUT2D eigenvalue weighted by Crippen LogP contribution is -2.42. The summed E-state index contributed by atoms with van der Waals surface area (Å²) >= 11 is 0. The van der Waals surface area contributed by atoms with Crippen molar-refractivity contribution in [2.24, 2.45) is 0 Å². The number of nitrogens with zero attached hydrogens (tertiary/aromatic N) is 3. The normalized spacial score (nSPS) is 26.2. The van der Waals surface area contributed by atoms with Gasteiger partial charge in [-0.2, -0.15) is 0 Å². The molecule has 1 amide bonds. The lowest BCUT2D eigenvalue weighted by Gasteiger charge is -2.20. The molecule has 6 heteroatoms. The van der Waals surface area contributed by atoms with Gasteiger partial charge in [0.25, 0.3) is 5.91 Å². The third kappa shape index (κ3) is 2.40. The van der Waals surface area contributed by atoms with Crippen LogP contribution in [0.2, 0.25) is 0 Å². The number of fused-ring (bicyclic) bond motifs is 1. The van der Waals surface area contributed by atoms with Crippen molar-refractivity contribution in [3.8, 4) is 0 Å². The summed E-state index contributed by atoms with van der Waals surface area (Å²) in [6, 6.07) is 0.786. The fraction of sp³-hybridized carbons (Fsp3) is 0.615. The summed E-state index contributed by atoms with van der Waals surface area (Å²) in [7, 11) is 1.77. The highest BCUT2D eigenvalue weighted by molar-refractivity contribution is 5.92. The van der Waals surface area contributed by atoms with Crippen molar-refractivity contribution in [3.63, 3.8) is 0 Å². The van der Waals surface area contributed by atoms with Crippen LogP contribution in [0.25, 0.3) is 0 Å². The number of nitrogens with one attached hydrogen (secondary N) is 2. The number of hydrogen-bond acceptors (Lipinski definition) is 5. The molecule has 19 heavy (non-hydrogen) atoms. The molecule has 2 saturated heterocycles. The summed E-state index contributed by atoms with van der Waals surface area (Å²) in [5, 5.41) is 5.99. The Hall–Kier alpha value is -1.69. The topological polar surface area (TPSA) is 70.2 Å². The fourth-order valence-electron chi connectivity index (χ4n) is 3.07. The lowest BCUT2D eigenvalue weighted by molar-refractivity contribution is 0.0924. The summed E-state index contributed by atoms with van der Waals surface area (Å²) in [6.07, 6.45) is 6.56. The van der Waals surface area contributed by atoms with E-state index in [4.69, 9.17) is 0 Å². The Morgan fingerprint density at radius 2 is 2.21 bits per heavy atom. The summed E-state index contributed by atoms with van der Waals surface area (Å²) < 4.78 is 0. The molecule has 0 radical (unpaired) electrons. The standard InChI is InChI=1S/C13H19N5O/c1-14-12-8-15-10(7-16-12)13(19)17-9-4-6-18-5-2-3-11(9)18/h7-9,11H,2-6H2,1H3,(H,14,16)(H,17,19). The van der Waals surface area contributed by atoms with Gasteiger partial charge in [0.15, 0.2) is 0 Å². The summed E-state index contributed by atoms with van der Waals surface area (Å²) in [5.74, 6) is 0.549. The minimum Gasteiger partial charge on any atom is -0.372 e. The molecule has 2 aliphatic rings. The predicted molar refractivity (Wildman–Crippen MR) is 72.0 cm³/mol. The molecule has 6 nitrogen and oxygen atoms in total. The third-order valence-corrected chi connectivity index (χ3v) is 4.06. The Bertz CT molecular complexity index is 461. The van der Waals surface area contributed by atoms with Crippen molar-refractivity contribution in [3.05, 3.63) is 18.1 Å². The van der Waals surface area contributed by atoms with Gasteiger partial charge in [0.2, 0.25) is 0 Å². The Kier molecular flexibility index (Phi) is 3.33. The number of amides is 1. The molecule has 0 bridgehead atoms. The maximum absolute atomic E-state index is 12.1. The van der Waals surface area contributed by atoms with E-state index in [1.165, 1.54) is 25.6 Å². The van der Waals surface area contributed by atoms with Crippen LogP contribution in [0.5, 0.6) is 0 Å². The van der Waals surface area contributed by atoms with Gasteiger partial charge in [-0.1, -0.05) is 0 Å². The zero-order valence-electron chi connectivity index (χ0n) is 11.1. The van der Waals surface area contributed by atoms with E-state index in [-0.39, 0.29) is 11.9 Å². The average Bonchev–Trinajstić information content (AvgIpc) is 3.04. The van der Waals surface area contributed by atoms with E-state index in [0.717, 1.165) is 13.0 Å². The van der Waals surface area contributed by atoms with E-state index in [9.17, 15) is 4.79 Å². The molecule has 102 valence electrons. The van der Waals surface area contributed by atoms with Crippen molar-refractivity contribution in [1.82, 2.24) is 20.2 Å². The minimum atomic E-state index is -0.117. The van der Waals surface area contributed by atoms with Crippen LogP contribution in [0.3, 0.4) is 0 Å². The Labute approximate surface area is 112 Å². The molecule has 0 aromatic carbocycles. The van der Waals surface area contributed by atoms with Crippen molar-refractivity contribution < 1.29 is 4.79 Å². The van der Waals surface area contributed by atoms with Crippen LogP contribution < -0.4 is 10.6 Å². The molecule has 2 aliphatic heterocycles. The van der Waals surface area contributed by atoms with Gasteiger partial charge in [-0.3, -0.25) is 9.69 Å². The highest BCUT2D eigenvalue weighted by Gasteiger charge is 2.37. The van der Waals surface area contributed by atoms with E-state index in [2.05, 4.69) is 25.5 Å². The largest absolute Gasteiger partial charge is 0.372 e. The molecular weight excluding hydrogens is 242 g/mol. The first-order chi connectivity index (χ1) is 9.28. The first-order valence-corrected chi connectivity index (χ1v) is 6.82. The monoisotopic (exact) mass is 261 g/mol. The van der Waals surface area contributed by atoms with Gasteiger partial charge >= 0.3 is 0 Å². The highest BCUT2D eigenvalue weighted by atomic mass is 16.2. The summed E-state index contributed by atoms with van der Waals surface area (Å²) in [6.45, 7) is 2.27. The minimum absolute atomic E-state index is 0.117. The maximum Gasteiger partial charge on any atom is 0.271 e. The number of hydrogen-bond donors (Lipinski definition) is 2. The molecule has 1 aromatic rings. The lowest BCUT2D eigenvalue weighted by atomic mass is 10.1. The van der Waals surface area contributed by atoms with Crippen LogP contribution in [0.4, 0.5) is 5.82 Å². The summed E-state index contributed by atoms with van der Waals surface area (Å²) in [4.78, 5) is 22.9. The van der Waals surface area contributed by atoms with E-state index < -0.39 is 0 Å². The number of aromatic nitrogens is 2. The highest BCUT2D eigenvalue weighted by Crippen LogP contribution is 2.27. The van der Waals surface area contributed by atoms with Gasteiger partial charge < -0.3 is 10.6 Å². The Balaban J connectivity index is 1.64. The van der Waals surface area contributed by atoms with Gasteiger partial charge in [0.05, 0.1) is 12.4 Å². The first-order valence-electron chi connectivity index (χ1n) is 6.82. The number of carbonyl (C=O) groups is 1. The molecule has 2 N–H and O–H groups in total. The van der Waals surface area contributed by atoms with Gasteiger partial charge in [0.1, 0.15) is 11.5 Å². The zero-order chi connectivity index (χ0) is 13.2. The smallest absolute Gasteiger partial charge is 0.271 e. The molecule has 2 unspecified atom stereocenters. The van der Waals surface area contributed by atoms with Gasteiger partial charge in [-0.25, -0.2) is 9.97 Å². The number of anilines is 1. The zero-order valence-corrected chi connectivity index (χ0v) is 11.1. The fourth-order valence-corrected chi connectivity index (χ4v) is 3.07. The number of carbonyl (C=O) groups excluding carboxylic acids is 1. The average molecular weight is 261 g/mol. The first kappa shape index (κ1) is 12.3. The van der Waals surface area contributed by atoms with Gasteiger partial charge in [0, 0.05) is 25.7 Å². The maximum atomic E-state index is 12.1. The molecule has 2 fully saturated rings. The molecule has 0 spiro atoms. The van der Waals surface area contributed by atoms with E-state index in [0.29, 0.717) is 17.6 Å². The Morgan fingerprint density at radius 1 is 1.32 bits per heavy atom. The van der Waals surface area contributed by atoms with Crippen LogP contribution in [0.15, 0.2) is 12.4 Å². The van der Waals surface area contributed by atoms with Gasteiger partial charge in [-0.15, -0.1) is 0 Å². The molecule has 0 saturated carbocycles. The van der Waals surface area contributed by atoms with Crippen molar-refractivity contribution in [1.29, 1.82) is 0 Å². The Morgan fingerprint density at radius 3 is 2.95 bits per heavy atom. The van der Waals surface area contributed by atoms with Crippen molar-refractivity contribution >= 4 is 11.7 Å². The van der Waals surface area contributed by atoms with E-state index in [1.807, 2.05) is 0 Å². The summed E-state index contributed by atoms with van der Waals surface area (Å²) in [5.41, 5.74) is 0.385. The van der Waals surface area contributed by atoms with Crippen LogP contribution in [0.1, 0.15) is 29.8 Å². The third-order valence-electron chi connectivity index (χ3n) is 4.06. The molecule has 1 aromatic heterocycles. The molecule has 3 heterocycles. The van der Waals surface area contributed by atoms with Crippen molar-refractivity contribution in [2.45, 2.75) is 31.3 Å². The molecular formula is C13H19N5O.